The van der Waals surface area contributed by atoms with Crippen molar-refractivity contribution in [2.75, 3.05) is 13.1 Å². The monoisotopic (exact) mass is 301 g/mol. The summed E-state index contributed by atoms with van der Waals surface area (Å²) in [6.45, 7) is 0.472. The van der Waals surface area contributed by atoms with Gasteiger partial charge in [-0.3, -0.25) is 0 Å². The van der Waals surface area contributed by atoms with E-state index in [1.54, 1.807) is 0 Å². The van der Waals surface area contributed by atoms with Gasteiger partial charge in [0.1, 0.15) is 0 Å². The van der Waals surface area contributed by atoms with Crippen LogP contribution in [0, 0.1) is 0 Å². The summed E-state index contributed by atoms with van der Waals surface area (Å²) in [6, 6.07) is 0. The van der Waals surface area contributed by atoms with Gasteiger partial charge in [0, 0.05) is 19.5 Å². The molecule has 0 aromatic rings. The van der Waals surface area contributed by atoms with Gasteiger partial charge in [0.25, 0.3) is 0 Å². The Kier molecular flexibility index (Phi) is 271. The third kappa shape index (κ3) is 78.8. The third-order valence-electron chi connectivity index (χ3n) is 0.125. The molecule has 2 N–H and O–H groups in total. The first-order valence-corrected chi connectivity index (χ1v) is 1.21. The van der Waals surface area contributed by atoms with Crippen LogP contribution in [0.2, 0.25) is 0 Å². The van der Waals surface area contributed by atoms with E-state index in [9.17, 15) is 0 Å². The quantitative estimate of drug-likeness (QED) is 0.432. The van der Waals surface area contributed by atoms with Crippen molar-refractivity contribution in [1.82, 2.24) is 0 Å². The molecular weight excluding hydrogens is 297 g/mol. The Morgan fingerprint density at radius 2 is 0.778 bits per heavy atom. The molecule has 0 aliphatic heterocycles. The fraction of sp³-hybridized carbons (Fsp3) is 1.00. The van der Waals surface area contributed by atoms with Gasteiger partial charge in [0.15, 0.2) is 0 Å². The van der Waals surface area contributed by atoms with Crippen molar-refractivity contribution in [2.24, 2.45) is 0 Å². The molecule has 0 saturated heterocycles. The smallest absolute Gasteiger partial charge is 0 e. The van der Waals surface area contributed by atoms with E-state index in [0.29, 0.717) is 0 Å². The number of rotatable bonds is 1. The van der Waals surface area contributed by atoms with Gasteiger partial charge in [-0.15, -0.1) is 0 Å². The average molecular weight is 303 g/mol. The normalized spacial score (nSPS) is 3.33. The first kappa shape index (κ1) is 45.6. The first-order chi connectivity index (χ1) is 1.91. The van der Waals surface area contributed by atoms with Crippen molar-refractivity contribution in [1.29, 1.82) is 0 Å². The van der Waals surface area contributed by atoms with Crippen molar-refractivity contribution in [3.8, 4) is 0 Å². The number of hydrogen-bond acceptors (Lipinski definition) is 0. The molecule has 0 amide bonds. The summed E-state index contributed by atoms with van der Waals surface area (Å²) in [5, 5.41) is 0. The largest absolute Gasteiger partial charge is 1.00 e. The van der Waals surface area contributed by atoms with Gasteiger partial charge in [0.05, 0.1) is 0 Å². The van der Waals surface area contributed by atoms with Gasteiger partial charge in [-0.2, -0.15) is 13.1 Å². The van der Waals surface area contributed by atoms with Gasteiger partial charge in [0.2, 0.25) is 0 Å². The number of nitrogens with one attached hydrogen (secondary N) is 2. The van der Waals surface area contributed by atoms with Crippen LogP contribution in [0.4, 0.5) is 0 Å². The molecule has 0 bridgehead atoms. The zero-order chi connectivity index (χ0) is 3.41. The van der Waals surface area contributed by atoms with Crippen molar-refractivity contribution < 1.29 is 69.1 Å². The molecule has 0 saturated carbocycles. The molecule has 1 radical (unpaired) electrons. The van der Waals surface area contributed by atoms with Crippen LogP contribution in [0.5, 0.6) is 0 Å². The van der Waals surface area contributed by atoms with Gasteiger partial charge in [-0.05, 0) is 0 Å². The van der Waals surface area contributed by atoms with Crippen molar-refractivity contribution >= 4 is 0 Å². The van der Waals surface area contributed by atoms with Crippen molar-refractivity contribution in [2.45, 2.75) is 0 Å². The minimum Gasteiger partial charge on any atom is -1.00 e. The van der Waals surface area contributed by atoms with Crippen LogP contribution in [0.25, 0.3) is 11.5 Å². The zero-order valence-electron chi connectivity index (χ0n) is 4.26. The van der Waals surface area contributed by atoms with E-state index < -0.39 is 0 Å². The van der Waals surface area contributed by atoms with Gasteiger partial charge >= 0.3 is 0 Å². The maximum Gasteiger partial charge on any atom is 0 e. The predicted molar refractivity (Wildman–Crippen MR) is 18.4 cm³/mol. The zero-order valence-corrected chi connectivity index (χ0v) is 8.92. The Morgan fingerprint density at radius 3 is 0.778 bits per heavy atom. The minimum absolute atomic E-state index is 0. The van der Waals surface area contributed by atoms with Crippen LogP contribution in [0.3, 0.4) is 0 Å². The van der Waals surface area contributed by atoms with Crippen molar-refractivity contribution in [3.63, 3.8) is 0 Å². The summed E-state index contributed by atoms with van der Waals surface area (Å²) in [6.07, 6.45) is 0. The van der Waals surface area contributed by atoms with Crippen LogP contribution in [0.1, 0.15) is 0 Å². The molecule has 0 aliphatic carbocycles. The second-order valence-electron chi connectivity index (χ2n) is 0.500. The molecule has 0 heterocycles. The summed E-state index contributed by atoms with van der Waals surface area (Å²) >= 11 is 0. The van der Waals surface area contributed by atoms with Crippen LogP contribution >= 0.6 is 0 Å². The van der Waals surface area contributed by atoms with Crippen molar-refractivity contribution in [3.05, 3.63) is 11.5 Å². The topological polar surface area (TPSA) is 47.6 Å². The summed E-state index contributed by atoms with van der Waals surface area (Å²) in [5.74, 6) is 0. The van der Waals surface area contributed by atoms with E-state index in [1.165, 1.54) is 0 Å². The molecule has 67 valence electrons. The molecule has 7 heteroatoms. The minimum atomic E-state index is 0. The van der Waals surface area contributed by atoms with Crippen LogP contribution < -0.4 is 49.6 Å². The average Bonchev–Trinajstić information content (AvgIpc) is 1.37. The molecule has 0 aromatic carbocycles. The standard InChI is InChI=1S/C2H6N2.4ClH.Rh/c3-1-2-4;;;;;/h3-4H,1-2H2;4*1H;/q-2;;;;;/p-4. The Morgan fingerprint density at radius 1 is 0.667 bits per heavy atom. The van der Waals surface area contributed by atoms with Gasteiger partial charge in [-0.1, -0.05) is 0 Å². The predicted octanol–water partition coefficient (Wildman–Crippen LogP) is -10.9. The first-order valence-electron chi connectivity index (χ1n) is 1.21. The molecule has 0 fully saturated rings. The Balaban J connectivity index is -0.00000000450. The van der Waals surface area contributed by atoms with E-state index in [-0.39, 0.29) is 82.2 Å². The fourth-order valence-corrected chi connectivity index (χ4v) is 0. The Labute approximate surface area is 93.3 Å². The summed E-state index contributed by atoms with van der Waals surface area (Å²) < 4.78 is 0. The SMILES string of the molecule is [Cl-].[Cl-].[Cl-].[Cl-].[NH-]CC[NH-].[Rh]. The third-order valence-corrected chi connectivity index (χ3v) is 0.125. The molecular formula is C2H6Cl4N2Rh-6. The van der Waals surface area contributed by atoms with E-state index in [1.807, 2.05) is 0 Å². The second kappa shape index (κ2) is 53.6. The molecule has 0 aliphatic rings. The van der Waals surface area contributed by atoms with Crippen LogP contribution in [-0.4, -0.2) is 13.1 Å². The summed E-state index contributed by atoms with van der Waals surface area (Å²) in [5.41, 5.74) is 12.5. The molecule has 0 spiro atoms. The second-order valence-corrected chi connectivity index (χ2v) is 0.500. The molecule has 9 heavy (non-hydrogen) atoms. The Hall–Kier alpha value is 1.70. The van der Waals surface area contributed by atoms with Crippen LogP contribution in [0.15, 0.2) is 0 Å². The molecule has 0 aromatic heterocycles. The summed E-state index contributed by atoms with van der Waals surface area (Å²) in [7, 11) is 0. The Bertz CT molecular complexity index is 18.5. The van der Waals surface area contributed by atoms with Gasteiger partial charge < -0.3 is 61.1 Å². The number of halogens is 4. The van der Waals surface area contributed by atoms with Gasteiger partial charge in [-0.25, -0.2) is 0 Å². The molecule has 0 atom stereocenters. The van der Waals surface area contributed by atoms with E-state index in [2.05, 4.69) is 0 Å². The molecule has 2 nitrogen and oxygen atoms in total. The molecule has 0 rings (SSSR count). The van der Waals surface area contributed by atoms with E-state index in [4.69, 9.17) is 11.5 Å². The maximum absolute atomic E-state index is 6.26. The molecule has 0 unspecified atom stereocenters. The van der Waals surface area contributed by atoms with E-state index in [0.717, 1.165) is 0 Å². The van der Waals surface area contributed by atoms with Crippen LogP contribution in [-0.2, 0) is 19.5 Å². The fourth-order valence-electron chi connectivity index (χ4n) is 0. The maximum atomic E-state index is 6.26. The number of hydrogen-bond donors (Lipinski definition) is 0. The summed E-state index contributed by atoms with van der Waals surface area (Å²) in [4.78, 5) is 0. The van der Waals surface area contributed by atoms with E-state index >= 15 is 0 Å².